The zero-order chi connectivity index (χ0) is 14.0. The second-order valence-corrected chi connectivity index (χ2v) is 4.90. The van der Waals surface area contributed by atoms with Gasteiger partial charge in [-0.05, 0) is 13.3 Å². The summed E-state index contributed by atoms with van der Waals surface area (Å²) < 4.78 is 3.67. The van der Waals surface area contributed by atoms with E-state index in [-0.39, 0.29) is 0 Å². The number of imidazole rings is 1. The summed E-state index contributed by atoms with van der Waals surface area (Å²) in [5.74, 6) is 0. The van der Waals surface area contributed by atoms with E-state index >= 15 is 0 Å². The summed E-state index contributed by atoms with van der Waals surface area (Å²) in [6.45, 7) is 4.78. The van der Waals surface area contributed by atoms with Crippen molar-refractivity contribution in [3.05, 3.63) is 34.6 Å². The average molecular weight is 283 g/mol. The second-order valence-electron chi connectivity index (χ2n) is 4.53. The molecule has 5 nitrogen and oxygen atoms in total. The Morgan fingerprint density at radius 3 is 2.68 bits per heavy atom. The van der Waals surface area contributed by atoms with E-state index < -0.39 is 6.10 Å². The number of halogens is 1. The van der Waals surface area contributed by atoms with Gasteiger partial charge in [-0.2, -0.15) is 5.10 Å². The molecule has 0 bridgehead atoms. The monoisotopic (exact) mass is 282 g/mol. The first kappa shape index (κ1) is 14.1. The molecule has 0 radical (unpaired) electrons. The first-order valence-corrected chi connectivity index (χ1v) is 6.84. The standard InChI is InChI=1S/C13H19ClN4O/c1-4-9-13(14)10(18(5-2)16-9)6-12(19)11-7-15-8-17(11)3/h7-8,12,19H,4-6H2,1-3H3. The van der Waals surface area contributed by atoms with Crippen LogP contribution in [0.15, 0.2) is 12.5 Å². The summed E-state index contributed by atoms with van der Waals surface area (Å²) in [5, 5.41) is 15.4. The van der Waals surface area contributed by atoms with Crippen LogP contribution in [0.1, 0.15) is 37.0 Å². The molecule has 1 atom stereocenters. The largest absolute Gasteiger partial charge is 0.386 e. The van der Waals surface area contributed by atoms with Crippen molar-refractivity contribution in [2.45, 2.75) is 39.3 Å². The third-order valence-electron chi connectivity index (χ3n) is 3.28. The summed E-state index contributed by atoms with van der Waals surface area (Å²) in [7, 11) is 1.86. The molecule has 0 aliphatic carbocycles. The predicted octanol–water partition coefficient (Wildman–Crippen LogP) is 2.13. The molecule has 2 aromatic rings. The van der Waals surface area contributed by atoms with Crippen LogP contribution < -0.4 is 0 Å². The van der Waals surface area contributed by atoms with Gasteiger partial charge in [0.15, 0.2) is 0 Å². The van der Waals surface area contributed by atoms with E-state index in [1.807, 2.05) is 30.1 Å². The molecule has 0 aliphatic rings. The molecule has 2 heterocycles. The van der Waals surface area contributed by atoms with Crippen molar-refractivity contribution in [2.24, 2.45) is 7.05 Å². The van der Waals surface area contributed by atoms with Gasteiger partial charge in [0.05, 0.1) is 34.6 Å². The van der Waals surface area contributed by atoms with E-state index in [4.69, 9.17) is 11.6 Å². The van der Waals surface area contributed by atoms with Crippen molar-refractivity contribution in [3.8, 4) is 0 Å². The van der Waals surface area contributed by atoms with Crippen LogP contribution in [0.2, 0.25) is 5.02 Å². The van der Waals surface area contributed by atoms with Crippen LogP contribution in [0.5, 0.6) is 0 Å². The van der Waals surface area contributed by atoms with Gasteiger partial charge in [-0.15, -0.1) is 0 Å². The highest BCUT2D eigenvalue weighted by Crippen LogP contribution is 2.26. The molecule has 0 spiro atoms. The molecule has 2 aromatic heterocycles. The van der Waals surface area contributed by atoms with E-state index in [1.165, 1.54) is 0 Å². The van der Waals surface area contributed by atoms with Gasteiger partial charge < -0.3 is 9.67 Å². The number of hydrogen-bond acceptors (Lipinski definition) is 3. The maximum absolute atomic E-state index is 10.3. The molecule has 0 fully saturated rings. The Labute approximate surface area is 117 Å². The van der Waals surface area contributed by atoms with Crippen molar-refractivity contribution < 1.29 is 5.11 Å². The van der Waals surface area contributed by atoms with Crippen molar-refractivity contribution in [3.63, 3.8) is 0 Å². The molecule has 104 valence electrons. The average Bonchev–Trinajstić information content (AvgIpc) is 2.95. The smallest absolute Gasteiger partial charge is 0.101 e. The minimum Gasteiger partial charge on any atom is -0.386 e. The maximum atomic E-state index is 10.3. The topological polar surface area (TPSA) is 55.9 Å². The molecular formula is C13H19ClN4O. The van der Waals surface area contributed by atoms with E-state index in [0.717, 1.165) is 30.0 Å². The fourth-order valence-electron chi connectivity index (χ4n) is 2.19. The fraction of sp³-hybridized carbons (Fsp3) is 0.538. The second kappa shape index (κ2) is 5.75. The first-order valence-electron chi connectivity index (χ1n) is 6.46. The van der Waals surface area contributed by atoms with Gasteiger partial charge in [0.25, 0.3) is 0 Å². The number of aromatic nitrogens is 4. The van der Waals surface area contributed by atoms with E-state index in [1.54, 1.807) is 12.5 Å². The van der Waals surface area contributed by atoms with Crippen LogP contribution >= 0.6 is 11.6 Å². The Hall–Kier alpha value is -1.33. The van der Waals surface area contributed by atoms with Gasteiger partial charge in [0.2, 0.25) is 0 Å². The molecule has 0 aliphatic heterocycles. The highest BCUT2D eigenvalue weighted by atomic mass is 35.5. The number of hydrogen-bond donors (Lipinski definition) is 1. The zero-order valence-corrected chi connectivity index (χ0v) is 12.2. The zero-order valence-electron chi connectivity index (χ0n) is 11.5. The molecule has 0 amide bonds. The molecule has 0 saturated heterocycles. The molecule has 0 aromatic carbocycles. The Kier molecular flexibility index (Phi) is 4.27. The van der Waals surface area contributed by atoms with E-state index in [0.29, 0.717) is 11.4 Å². The summed E-state index contributed by atoms with van der Waals surface area (Å²) in [5.41, 5.74) is 2.54. The molecule has 0 saturated carbocycles. The SMILES string of the molecule is CCc1nn(CC)c(CC(O)c2cncn2C)c1Cl. The quantitative estimate of drug-likeness (QED) is 0.914. The lowest BCUT2D eigenvalue weighted by atomic mass is 10.1. The third kappa shape index (κ3) is 2.67. The number of nitrogens with zero attached hydrogens (tertiary/aromatic N) is 4. The van der Waals surface area contributed by atoms with Gasteiger partial charge in [-0.25, -0.2) is 4.98 Å². The van der Waals surface area contributed by atoms with E-state index in [9.17, 15) is 5.11 Å². The maximum Gasteiger partial charge on any atom is 0.101 e. The minimum atomic E-state index is -0.628. The molecule has 6 heteroatoms. The molecule has 2 rings (SSSR count). The van der Waals surface area contributed by atoms with Crippen molar-refractivity contribution in [1.29, 1.82) is 0 Å². The van der Waals surface area contributed by atoms with Crippen molar-refractivity contribution in [2.75, 3.05) is 0 Å². The predicted molar refractivity (Wildman–Crippen MR) is 74.2 cm³/mol. The molecule has 19 heavy (non-hydrogen) atoms. The summed E-state index contributed by atoms with van der Waals surface area (Å²) in [6.07, 6.45) is 3.96. The number of rotatable bonds is 5. The Balaban J connectivity index is 2.28. The van der Waals surface area contributed by atoms with Crippen molar-refractivity contribution in [1.82, 2.24) is 19.3 Å². The van der Waals surface area contributed by atoms with Gasteiger partial charge in [-0.1, -0.05) is 18.5 Å². The van der Waals surface area contributed by atoms with Crippen LogP contribution in [-0.2, 0) is 26.4 Å². The van der Waals surface area contributed by atoms with Crippen LogP contribution in [0.25, 0.3) is 0 Å². The van der Waals surface area contributed by atoms with Crippen LogP contribution in [0, 0.1) is 0 Å². The van der Waals surface area contributed by atoms with Gasteiger partial charge >= 0.3 is 0 Å². The first-order chi connectivity index (χ1) is 9.08. The molecular weight excluding hydrogens is 264 g/mol. The van der Waals surface area contributed by atoms with Crippen LogP contribution in [0.3, 0.4) is 0 Å². The normalized spacial score (nSPS) is 12.9. The molecule has 1 N–H and O–H groups in total. The fourth-order valence-corrected chi connectivity index (χ4v) is 2.53. The Bertz CT molecular complexity index is 561. The molecule has 1 unspecified atom stereocenters. The van der Waals surface area contributed by atoms with E-state index in [2.05, 4.69) is 10.1 Å². The summed E-state index contributed by atoms with van der Waals surface area (Å²) in [6, 6.07) is 0. The Morgan fingerprint density at radius 2 is 2.16 bits per heavy atom. The Morgan fingerprint density at radius 1 is 1.42 bits per heavy atom. The van der Waals surface area contributed by atoms with Crippen molar-refractivity contribution >= 4 is 11.6 Å². The lowest BCUT2D eigenvalue weighted by Gasteiger charge is -2.12. The summed E-state index contributed by atoms with van der Waals surface area (Å²) in [4.78, 5) is 4.02. The lowest BCUT2D eigenvalue weighted by Crippen LogP contribution is -2.11. The number of aryl methyl sites for hydroxylation is 3. The van der Waals surface area contributed by atoms with Gasteiger partial charge in [-0.3, -0.25) is 4.68 Å². The van der Waals surface area contributed by atoms with Crippen LogP contribution in [0.4, 0.5) is 0 Å². The number of aliphatic hydroxyl groups excluding tert-OH is 1. The summed E-state index contributed by atoms with van der Waals surface area (Å²) >= 11 is 6.34. The van der Waals surface area contributed by atoms with Gasteiger partial charge in [0, 0.05) is 20.0 Å². The van der Waals surface area contributed by atoms with Gasteiger partial charge in [0.1, 0.15) is 6.10 Å². The van der Waals surface area contributed by atoms with Crippen LogP contribution in [-0.4, -0.2) is 24.4 Å². The lowest BCUT2D eigenvalue weighted by molar-refractivity contribution is 0.167. The third-order valence-corrected chi connectivity index (χ3v) is 3.71. The number of aliphatic hydroxyl groups is 1. The minimum absolute atomic E-state index is 0.444. The highest BCUT2D eigenvalue weighted by molar-refractivity contribution is 6.31. The highest BCUT2D eigenvalue weighted by Gasteiger charge is 2.20.